The van der Waals surface area contributed by atoms with Gasteiger partial charge in [-0.05, 0) is 55.0 Å². The highest BCUT2D eigenvalue weighted by molar-refractivity contribution is 5.91. The summed E-state index contributed by atoms with van der Waals surface area (Å²) < 4.78 is 11.2. The monoisotopic (exact) mass is 334 g/mol. The number of hydrogen-bond acceptors (Lipinski definition) is 4. The van der Waals surface area contributed by atoms with Gasteiger partial charge in [-0.25, -0.2) is 4.98 Å². The molecule has 3 rings (SSSR count). The molecule has 0 radical (unpaired) electrons. The van der Waals surface area contributed by atoms with Gasteiger partial charge in [0.25, 0.3) is 5.91 Å². The molecular formula is C20H18N2O3. The maximum Gasteiger partial charge on any atom is 0.263 e. The molecule has 0 aliphatic rings. The molecule has 25 heavy (non-hydrogen) atoms. The molecule has 0 aliphatic heterocycles. The summed E-state index contributed by atoms with van der Waals surface area (Å²) in [6.07, 6.45) is 1.63. The minimum atomic E-state index is -0.258. The molecule has 1 amide bonds. The second kappa shape index (κ2) is 7.97. The van der Waals surface area contributed by atoms with Crippen molar-refractivity contribution < 1.29 is 14.3 Å². The van der Waals surface area contributed by atoms with Gasteiger partial charge in [-0.15, -0.1) is 0 Å². The lowest BCUT2D eigenvalue weighted by atomic mass is 10.3. The van der Waals surface area contributed by atoms with Crippen molar-refractivity contribution in [1.82, 2.24) is 4.98 Å². The lowest BCUT2D eigenvalue weighted by molar-refractivity contribution is -0.118. The molecule has 0 fully saturated rings. The highest BCUT2D eigenvalue weighted by Crippen LogP contribution is 2.23. The van der Waals surface area contributed by atoms with Crippen molar-refractivity contribution in [2.45, 2.75) is 6.92 Å². The number of benzene rings is 2. The van der Waals surface area contributed by atoms with E-state index in [9.17, 15) is 4.79 Å². The first-order valence-electron chi connectivity index (χ1n) is 7.88. The SMILES string of the molecule is Cc1cccnc1NC(=O)COc1ccc(Oc2ccccc2)cc1. The zero-order valence-electron chi connectivity index (χ0n) is 13.8. The number of amides is 1. The molecule has 2 aromatic carbocycles. The molecule has 5 heteroatoms. The van der Waals surface area contributed by atoms with Crippen LogP contribution in [0.3, 0.4) is 0 Å². The lowest BCUT2D eigenvalue weighted by Crippen LogP contribution is -2.21. The fourth-order valence-electron chi connectivity index (χ4n) is 2.16. The van der Waals surface area contributed by atoms with Crippen LogP contribution in [0, 0.1) is 6.92 Å². The van der Waals surface area contributed by atoms with Gasteiger partial charge in [0, 0.05) is 6.20 Å². The normalized spacial score (nSPS) is 10.1. The molecule has 3 aromatic rings. The van der Waals surface area contributed by atoms with Gasteiger partial charge >= 0.3 is 0 Å². The molecular weight excluding hydrogens is 316 g/mol. The summed E-state index contributed by atoms with van der Waals surface area (Å²) in [4.78, 5) is 16.1. The second-order valence-electron chi connectivity index (χ2n) is 5.39. The molecule has 0 saturated heterocycles. The minimum absolute atomic E-state index is 0.0884. The quantitative estimate of drug-likeness (QED) is 0.734. The first-order valence-corrected chi connectivity index (χ1v) is 7.88. The van der Waals surface area contributed by atoms with Crippen molar-refractivity contribution in [3.05, 3.63) is 78.5 Å². The Morgan fingerprint density at radius 1 is 0.920 bits per heavy atom. The van der Waals surface area contributed by atoms with E-state index in [-0.39, 0.29) is 12.5 Å². The Morgan fingerprint density at radius 2 is 1.60 bits per heavy atom. The van der Waals surface area contributed by atoms with E-state index in [0.717, 1.165) is 11.3 Å². The van der Waals surface area contributed by atoms with Crippen LogP contribution in [0.2, 0.25) is 0 Å². The highest BCUT2D eigenvalue weighted by atomic mass is 16.5. The number of pyridine rings is 1. The van der Waals surface area contributed by atoms with Gasteiger partial charge in [0.15, 0.2) is 6.61 Å². The van der Waals surface area contributed by atoms with Crippen molar-refractivity contribution in [3.8, 4) is 17.2 Å². The molecule has 1 aromatic heterocycles. The standard InChI is InChI=1S/C20H18N2O3/c1-15-6-5-13-21-20(15)22-19(23)14-24-16-9-11-18(12-10-16)25-17-7-3-2-4-8-17/h2-13H,14H2,1H3,(H,21,22,23). The van der Waals surface area contributed by atoms with Crippen LogP contribution < -0.4 is 14.8 Å². The van der Waals surface area contributed by atoms with Gasteiger partial charge in [-0.3, -0.25) is 4.79 Å². The Labute approximate surface area is 146 Å². The molecule has 1 heterocycles. The Balaban J connectivity index is 1.51. The van der Waals surface area contributed by atoms with Gasteiger partial charge < -0.3 is 14.8 Å². The first kappa shape index (κ1) is 16.5. The molecule has 0 saturated carbocycles. The maximum atomic E-state index is 11.9. The summed E-state index contributed by atoms with van der Waals surface area (Å²) in [6, 6.07) is 20.3. The number of carbonyl (C=O) groups excluding carboxylic acids is 1. The van der Waals surface area contributed by atoms with Crippen molar-refractivity contribution in [2.75, 3.05) is 11.9 Å². The zero-order valence-corrected chi connectivity index (χ0v) is 13.8. The van der Waals surface area contributed by atoms with Crippen LogP contribution in [0.25, 0.3) is 0 Å². The minimum Gasteiger partial charge on any atom is -0.484 e. The number of nitrogens with zero attached hydrogens (tertiary/aromatic N) is 1. The van der Waals surface area contributed by atoms with Crippen LogP contribution in [0.15, 0.2) is 72.9 Å². The second-order valence-corrected chi connectivity index (χ2v) is 5.39. The molecule has 1 N–H and O–H groups in total. The van der Waals surface area contributed by atoms with E-state index < -0.39 is 0 Å². The number of aromatic nitrogens is 1. The predicted octanol–water partition coefficient (Wildman–Crippen LogP) is 4.20. The molecule has 126 valence electrons. The summed E-state index contributed by atoms with van der Waals surface area (Å²) in [5.41, 5.74) is 0.901. The Kier molecular flexibility index (Phi) is 5.26. The van der Waals surface area contributed by atoms with Gasteiger partial charge in [0.05, 0.1) is 0 Å². The summed E-state index contributed by atoms with van der Waals surface area (Å²) in [7, 11) is 0. The predicted molar refractivity (Wildman–Crippen MR) is 96.1 cm³/mol. The number of carbonyl (C=O) groups is 1. The molecule has 5 nitrogen and oxygen atoms in total. The van der Waals surface area contributed by atoms with E-state index in [1.54, 1.807) is 30.5 Å². The van der Waals surface area contributed by atoms with E-state index in [0.29, 0.717) is 17.3 Å². The number of para-hydroxylation sites is 1. The average molecular weight is 334 g/mol. The average Bonchev–Trinajstić information content (AvgIpc) is 2.64. The smallest absolute Gasteiger partial charge is 0.263 e. The summed E-state index contributed by atoms with van der Waals surface area (Å²) >= 11 is 0. The van der Waals surface area contributed by atoms with E-state index in [4.69, 9.17) is 9.47 Å². The number of anilines is 1. The van der Waals surface area contributed by atoms with Crippen molar-refractivity contribution in [3.63, 3.8) is 0 Å². The number of nitrogens with one attached hydrogen (secondary N) is 1. The Hall–Kier alpha value is -3.34. The third-order valence-corrected chi connectivity index (χ3v) is 3.44. The van der Waals surface area contributed by atoms with E-state index in [2.05, 4.69) is 10.3 Å². The molecule has 0 atom stereocenters. The van der Waals surface area contributed by atoms with E-state index >= 15 is 0 Å². The zero-order chi connectivity index (χ0) is 17.5. The molecule has 0 aliphatic carbocycles. The third-order valence-electron chi connectivity index (χ3n) is 3.44. The van der Waals surface area contributed by atoms with Crippen molar-refractivity contribution in [2.24, 2.45) is 0 Å². The number of hydrogen-bond donors (Lipinski definition) is 1. The summed E-state index contributed by atoms with van der Waals surface area (Å²) in [6.45, 7) is 1.80. The fourth-order valence-corrected chi connectivity index (χ4v) is 2.16. The summed E-state index contributed by atoms with van der Waals surface area (Å²) in [5.74, 6) is 2.34. The van der Waals surface area contributed by atoms with Gasteiger partial charge in [-0.1, -0.05) is 24.3 Å². The maximum absolute atomic E-state index is 11.9. The Morgan fingerprint density at radius 3 is 2.32 bits per heavy atom. The first-order chi connectivity index (χ1) is 12.2. The van der Waals surface area contributed by atoms with E-state index in [1.165, 1.54) is 0 Å². The van der Waals surface area contributed by atoms with Crippen LogP contribution in [0.1, 0.15) is 5.56 Å². The molecule has 0 spiro atoms. The van der Waals surface area contributed by atoms with Gasteiger partial charge in [0.1, 0.15) is 23.1 Å². The largest absolute Gasteiger partial charge is 0.484 e. The number of rotatable bonds is 6. The van der Waals surface area contributed by atoms with Crippen molar-refractivity contribution in [1.29, 1.82) is 0 Å². The number of aryl methyl sites for hydroxylation is 1. The van der Waals surface area contributed by atoms with Gasteiger partial charge in [0.2, 0.25) is 0 Å². The van der Waals surface area contributed by atoms with Crippen LogP contribution in [0.4, 0.5) is 5.82 Å². The van der Waals surface area contributed by atoms with Crippen molar-refractivity contribution >= 4 is 11.7 Å². The Bertz CT molecular complexity index is 833. The third kappa shape index (κ3) is 4.81. The van der Waals surface area contributed by atoms with Crippen LogP contribution in [-0.4, -0.2) is 17.5 Å². The van der Waals surface area contributed by atoms with E-state index in [1.807, 2.05) is 49.4 Å². The topological polar surface area (TPSA) is 60.5 Å². The fraction of sp³-hybridized carbons (Fsp3) is 0.100. The summed E-state index contributed by atoms with van der Waals surface area (Å²) in [5, 5.41) is 2.72. The molecule has 0 bridgehead atoms. The van der Waals surface area contributed by atoms with Gasteiger partial charge in [-0.2, -0.15) is 0 Å². The lowest BCUT2D eigenvalue weighted by Gasteiger charge is -2.09. The number of ether oxygens (including phenoxy) is 2. The van der Waals surface area contributed by atoms with Crippen LogP contribution in [-0.2, 0) is 4.79 Å². The highest BCUT2D eigenvalue weighted by Gasteiger charge is 2.06. The molecule has 0 unspecified atom stereocenters. The van der Waals surface area contributed by atoms with Crippen LogP contribution in [0.5, 0.6) is 17.2 Å². The van der Waals surface area contributed by atoms with Crippen LogP contribution >= 0.6 is 0 Å².